The van der Waals surface area contributed by atoms with Gasteiger partial charge < -0.3 is 21.1 Å². The Hall–Kier alpha value is -4.52. The number of carbonyl (C=O) groups is 3. The van der Waals surface area contributed by atoms with Crippen LogP contribution in [-0.2, 0) is 26.0 Å². The number of amides is 4. The molecule has 1 aliphatic heterocycles. The molecule has 2 aliphatic rings. The minimum absolute atomic E-state index is 0.0585. The van der Waals surface area contributed by atoms with Gasteiger partial charge in [-0.15, -0.1) is 0 Å². The third kappa shape index (κ3) is 11.5. The van der Waals surface area contributed by atoms with E-state index in [1.54, 1.807) is 19.1 Å². The summed E-state index contributed by atoms with van der Waals surface area (Å²) < 4.78 is 41.8. The van der Waals surface area contributed by atoms with Crippen LogP contribution in [0.5, 0.6) is 5.75 Å². The molecule has 5 N–H and O–H groups in total. The van der Waals surface area contributed by atoms with E-state index in [-0.39, 0.29) is 29.8 Å². The molecule has 1 fully saturated rings. The number of nitrogens with one attached hydrogen (secondary N) is 4. The standard InChI is InChI=1S/C42H56FN5O6S/c1-41(2,3)47-40(52)46-35-19-10-8-6-5-7-9-14-29(38(50)48-55(53,54)42(4)24-25-42)22-20-28(27-44-39(35)51)21-23-33-32-17-11-12-18-34(32)45-36(37(33)49)30-15-13-16-31(43)26-30/h7,9,11-13,15-18,26,28-29,35,49H,5-6,8,10,14,19-25,27H2,1-4H3,(H,44,51)(H,48,50)(H2,46,47,52)/b9-7-/t28-,29?,35+/m1/s1. The molecule has 13 heteroatoms. The number of urea groups is 1. The number of rotatable bonds is 8. The fourth-order valence-electron chi connectivity index (χ4n) is 6.97. The highest BCUT2D eigenvalue weighted by Crippen LogP contribution is 2.42. The topological polar surface area (TPSA) is 167 Å². The first-order valence-electron chi connectivity index (χ1n) is 19.5. The predicted octanol–water partition coefficient (Wildman–Crippen LogP) is 7.18. The van der Waals surface area contributed by atoms with Crippen molar-refractivity contribution in [2.24, 2.45) is 11.8 Å². The number of fused-ring (bicyclic) bond motifs is 1. The second kappa shape index (κ2) is 18.0. The largest absolute Gasteiger partial charge is 0.505 e. The summed E-state index contributed by atoms with van der Waals surface area (Å²) in [6, 6.07) is 12.1. The fraction of sp³-hybridized carbons (Fsp3) is 0.524. The molecule has 1 unspecified atom stereocenters. The minimum Gasteiger partial charge on any atom is -0.505 e. The fourth-order valence-corrected chi connectivity index (χ4v) is 8.29. The van der Waals surface area contributed by atoms with Crippen LogP contribution >= 0.6 is 0 Å². The number of aromatic hydroxyl groups is 1. The Morgan fingerprint density at radius 1 is 1.02 bits per heavy atom. The summed E-state index contributed by atoms with van der Waals surface area (Å²) in [5.41, 5.74) is 1.47. The number of aryl methyl sites for hydroxylation is 1. The smallest absolute Gasteiger partial charge is 0.315 e. The van der Waals surface area contributed by atoms with E-state index in [1.165, 1.54) is 12.1 Å². The molecular weight excluding hydrogens is 722 g/mol. The molecule has 3 aromatic rings. The van der Waals surface area contributed by atoms with E-state index in [4.69, 9.17) is 0 Å². The van der Waals surface area contributed by atoms with Crippen LogP contribution in [0.1, 0.15) is 104 Å². The molecule has 4 amide bonds. The molecule has 0 saturated heterocycles. The molecule has 298 valence electrons. The lowest BCUT2D eigenvalue weighted by Crippen LogP contribution is -2.54. The summed E-state index contributed by atoms with van der Waals surface area (Å²) >= 11 is 0. The van der Waals surface area contributed by atoms with Crippen molar-refractivity contribution in [3.63, 3.8) is 0 Å². The molecule has 2 aromatic carbocycles. The van der Waals surface area contributed by atoms with E-state index >= 15 is 0 Å². The summed E-state index contributed by atoms with van der Waals surface area (Å²) in [6.07, 6.45) is 10.7. The third-order valence-electron chi connectivity index (χ3n) is 10.6. The summed E-state index contributed by atoms with van der Waals surface area (Å²) in [5.74, 6) is -2.19. The summed E-state index contributed by atoms with van der Waals surface area (Å²) in [7, 11) is -3.83. The highest BCUT2D eigenvalue weighted by molar-refractivity contribution is 7.91. The van der Waals surface area contributed by atoms with Gasteiger partial charge in [0.25, 0.3) is 0 Å². The normalized spacial score (nSPS) is 21.9. The van der Waals surface area contributed by atoms with Gasteiger partial charge in [-0.1, -0.05) is 55.3 Å². The summed E-state index contributed by atoms with van der Waals surface area (Å²) in [4.78, 5) is 44.9. The van der Waals surface area contributed by atoms with Crippen molar-refractivity contribution in [1.82, 2.24) is 25.7 Å². The van der Waals surface area contributed by atoms with E-state index in [0.717, 1.165) is 31.1 Å². The van der Waals surface area contributed by atoms with E-state index in [1.807, 2.05) is 57.2 Å². The Bertz CT molecular complexity index is 1990. The molecule has 11 nitrogen and oxygen atoms in total. The maximum atomic E-state index is 14.3. The number of para-hydroxylation sites is 1. The molecule has 1 aliphatic carbocycles. The van der Waals surface area contributed by atoms with Crippen molar-refractivity contribution in [2.75, 3.05) is 6.54 Å². The van der Waals surface area contributed by atoms with Gasteiger partial charge in [-0.3, -0.25) is 14.3 Å². The van der Waals surface area contributed by atoms with Crippen molar-refractivity contribution < 1.29 is 32.3 Å². The van der Waals surface area contributed by atoms with E-state index in [9.17, 15) is 32.3 Å². The maximum Gasteiger partial charge on any atom is 0.315 e. The molecule has 3 atom stereocenters. The first-order chi connectivity index (χ1) is 26.0. The number of aromatic nitrogens is 1. The van der Waals surface area contributed by atoms with Crippen LogP contribution < -0.4 is 20.7 Å². The van der Waals surface area contributed by atoms with Crippen LogP contribution in [0.4, 0.5) is 9.18 Å². The molecule has 55 heavy (non-hydrogen) atoms. The summed E-state index contributed by atoms with van der Waals surface area (Å²) in [6.45, 7) is 7.46. The SMILES string of the molecule is CC(C)(C)NC(=O)N[C@H]1CCCCC/C=C\CC(C(=O)NS(=O)(=O)C2(C)CC2)CC[C@H](CCc2c(O)c(-c3cccc(F)c3)nc3ccccc23)CNC1=O. The van der Waals surface area contributed by atoms with Gasteiger partial charge in [0.05, 0.1) is 10.3 Å². The molecule has 0 spiro atoms. The Balaban J connectivity index is 1.42. The van der Waals surface area contributed by atoms with Crippen LogP contribution in [0.3, 0.4) is 0 Å². The molecule has 0 bridgehead atoms. The predicted molar refractivity (Wildman–Crippen MR) is 213 cm³/mol. The number of nitrogens with zero attached hydrogens (tertiary/aromatic N) is 1. The Labute approximate surface area is 324 Å². The first kappa shape index (κ1) is 41.6. The Kier molecular flexibility index (Phi) is 13.6. The zero-order valence-electron chi connectivity index (χ0n) is 32.4. The van der Waals surface area contributed by atoms with Gasteiger partial charge in [-0.2, -0.15) is 0 Å². The van der Waals surface area contributed by atoms with Gasteiger partial charge in [0.2, 0.25) is 21.8 Å². The number of sulfonamides is 1. The zero-order chi connectivity index (χ0) is 39.8. The van der Waals surface area contributed by atoms with E-state index in [0.29, 0.717) is 68.0 Å². The van der Waals surface area contributed by atoms with Crippen molar-refractivity contribution >= 4 is 38.8 Å². The first-order valence-corrected chi connectivity index (χ1v) is 21.0. The average molecular weight is 778 g/mol. The van der Waals surface area contributed by atoms with Crippen molar-refractivity contribution in [3.8, 4) is 17.0 Å². The van der Waals surface area contributed by atoms with E-state index < -0.39 is 50.0 Å². The number of pyridine rings is 1. The van der Waals surface area contributed by atoms with Gasteiger partial charge in [0, 0.05) is 34.5 Å². The minimum atomic E-state index is -3.83. The second-order valence-electron chi connectivity index (χ2n) is 16.4. The van der Waals surface area contributed by atoms with Gasteiger partial charge in [0.15, 0.2) is 0 Å². The van der Waals surface area contributed by atoms with Crippen LogP contribution in [0.2, 0.25) is 0 Å². The van der Waals surface area contributed by atoms with Gasteiger partial charge in [0.1, 0.15) is 23.3 Å². The molecule has 1 aromatic heterocycles. The van der Waals surface area contributed by atoms with Gasteiger partial charge in [-0.05, 0) is 116 Å². The van der Waals surface area contributed by atoms with Crippen LogP contribution in [0.15, 0.2) is 60.7 Å². The molecule has 1 saturated carbocycles. The van der Waals surface area contributed by atoms with Crippen LogP contribution in [0.25, 0.3) is 22.2 Å². The Morgan fingerprint density at radius 3 is 2.51 bits per heavy atom. The number of hydrogen-bond donors (Lipinski definition) is 5. The van der Waals surface area contributed by atoms with Gasteiger partial charge >= 0.3 is 6.03 Å². The van der Waals surface area contributed by atoms with Crippen LogP contribution in [0, 0.1) is 17.7 Å². The molecular formula is C42H56FN5O6S. The number of benzene rings is 2. The monoisotopic (exact) mass is 777 g/mol. The highest BCUT2D eigenvalue weighted by atomic mass is 32.2. The number of allylic oxidation sites excluding steroid dienone is 2. The lowest BCUT2D eigenvalue weighted by atomic mass is 9.88. The van der Waals surface area contributed by atoms with Crippen molar-refractivity contribution in [1.29, 1.82) is 0 Å². The highest BCUT2D eigenvalue weighted by Gasteiger charge is 2.51. The van der Waals surface area contributed by atoms with E-state index in [2.05, 4.69) is 25.7 Å². The lowest BCUT2D eigenvalue weighted by Gasteiger charge is -2.26. The van der Waals surface area contributed by atoms with Crippen LogP contribution in [-0.4, -0.2) is 59.2 Å². The molecule has 5 rings (SSSR count). The number of hydrogen-bond acceptors (Lipinski definition) is 7. The average Bonchev–Trinajstić information content (AvgIpc) is 3.88. The Morgan fingerprint density at radius 2 is 1.78 bits per heavy atom. The number of halogens is 1. The van der Waals surface area contributed by atoms with Crippen molar-refractivity contribution in [2.45, 2.75) is 121 Å². The number of carbonyl (C=O) groups excluding carboxylic acids is 3. The lowest BCUT2D eigenvalue weighted by molar-refractivity contribution is -0.124. The second-order valence-corrected chi connectivity index (χ2v) is 18.6. The molecule has 0 radical (unpaired) electrons. The zero-order valence-corrected chi connectivity index (χ0v) is 33.2. The summed E-state index contributed by atoms with van der Waals surface area (Å²) in [5, 5.41) is 21.2. The quantitative estimate of drug-likeness (QED) is 0.151. The third-order valence-corrected chi connectivity index (χ3v) is 12.8. The molecule has 2 heterocycles. The van der Waals surface area contributed by atoms with Gasteiger partial charge in [-0.25, -0.2) is 22.6 Å². The van der Waals surface area contributed by atoms with Crippen molar-refractivity contribution in [3.05, 3.63) is 72.1 Å². The maximum absolute atomic E-state index is 14.3.